The first-order valence-corrected chi connectivity index (χ1v) is 15.9. The van der Waals surface area contributed by atoms with Gasteiger partial charge in [-0.25, -0.2) is 9.97 Å². The summed E-state index contributed by atoms with van der Waals surface area (Å²) < 4.78 is 2.38. The highest BCUT2D eigenvalue weighted by molar-refractivity contribution is 6.18. The first-order chi connectivity index (χ1) is 23.3. The fourth-order valence-corrected chi connectivity index (χ4v) is 6.86. The molecule has 0 fully saturated rings. The molecule has 0 bridgehead atoms. The van der Waals surface area contributed by atoms with Crippen LogP contribution in [-0.4, -0.2) is 14.5 Å². The lowest BCUT2D eigenvalue weighted by Gasteiger charge is -2.14. The van der Waals surface area contributed by atoms with Crippen LogP contribution in [-0.2, 0) is 0 Å². The average molecular weight is 600 g/mol. The van der Waals surface area contributed by atoms with Gasteiger partial charge in [0.2, 0.25) is 0 Å². The summed E-state index contributed by atoms with van der Waals surface area (Å²) in [6, 6.07) is 61.9. The second-order valence-corrected chi connectivity index (χ2v) is 11.8. The van der Waals surface area contributed by atoms with E-state index >= 15 is 0 Å². The highest BCUT2D eigenvalue weighted by atomic mass is 15.0. The highest BCUT2D eigenvalue weighted by Gasteiger charge is 2.20. The number of rotatable bonds is 5. The van der Waals surface area contributed by atoms with Crippen molar-refractivity contribution in [1.82, 2.24) is 14.5 Å². The van der Waals surface area contributed by atoms with E-state index in [2.05, 4.69) is 156 Å². The van der Waals surface area contributed by atoms with Crippen LogP contribution >= 0.6 is 0 Å². The number of hydrogen-bond donors (Lipinski definition) is 0. The molecule has 0 unspecified atom stereocenters. The monoisotopic (exact) mass is 599 g/mol. The zero-order chi connectivity index (χ0) is 31.2. The van der Waals surface area contributed by atoms with E-state index in [1.165, 1.54) is 27.4 Å². The van der Waals surface area contributed by atoms with E-state index in [0.29, 0.717) is 0 Å². The van der Waals surface area contributed by atoms with Crippen LogP contribution in [0.1, 0.15) is 0 Å². The Morgan fingerprint density at radius 3 is 1.66 bits per heavy atom. The summed E-state index contributed by atoms with van der Waals surface area (Å²) >= 11 is 0. The number of fused-ring (bicyclic) bond motifs is 4. The van der Waals surface area contributed by atoms with Gasteiger partial charge in [-0.2, -0.15) is 0 Å². The maximum Gasteiger partial charge on any atom is 0.160 e. The molecule has 0 saturated heterocycles. The van der Waals surface area contributed by atoms with Gasteiger partial charge in [-0.15, -0.1) is 0 Å². The zero-order valence-corrected chi connectivity index (χ0v) is 25.6. The van der Waals surface area contributed by atoms with Crippen LogP contribution in [0.4, 0.5) is 0 Å². The molecule has 3 heteroatoms. The molecule has 2 heterocycles. The number of para-hydroxylation sites is 2. The molecular weight excluding hydrogens is 571 g/mol. The predicted molar refractivity (Wildman–Crippen MR) is 196 cm³/mol. The molecule has 0 spiro atoms. The third-order valence-electron chi connectivity index (χ3n) is 9.03. The van der Waals surface area contributed by atoms with E-state index < -0.39 is 0 Å². The molecule has 0 N–H and O–H groups in total. The third kappa shape index (κ3) is 4.60. The Labute approximate surface area is 273 Å². The van der Waals surface area contributed by atoms with Crippen LogP contribution < -0.4 is 0 Å². The summed E-state index contributed by atoms with van der Waals surface area (Å²) in [7, 11) is 0. The number of aromatic nitrogens is 3. The van der Waals surface area contributed by atoms with E-state index in [-0.39, 0.29) is 0 Å². The van der Waals surface area contributed by atoms with Gasteiger partial charge in [-0.3, -0.25) is 0 Å². The van der Waals surface area contributed by atoms with Gasteiger partial charge in [0.05, 0.1) is 22.2 Å². The van der Waals surface area contributed by atoms with Gasteiger partial charge in [-0.05, 0) is 41.0 Å². The Morgan fingerprint density at radius 2 is 0.915 bits per heavy atom. The van der Waals surface area contributed by atoms with Gasteiger partial charge < -0.3 is 4.57 Å². The molecule has 0 amide bonds. The Hall–Kier alpha value is -6.32. The van der Waals surface area contributed by atoms with Crippen LogP contribution in [0.15, 0.2) is 176 Å². The van der Waals surface area contributed by atoms with E-state index in [1.54, 1.807) is 0 Å². The molecule has 0 aliphatic heterocycles. The fourth-order valence-electron chi connectivity index (χ4n) is 6.86. The highest BCUT2D eigenvalue weighted by Crippen LogP contribution is 2.42. The summed E-state index contributed by atoms with van der Waals surface area (Å²) in [5.41, 5.74) is 12.1. The van der Waals surface area contributed by atoms with Crippen molar-refractivity contribution in [3.8, 4) is 50.6 Å². The van der Waals surface area contributed by atoms with Crippen molar-refractivity contribution in [2.45, 2.75) is 0 Å². The largest absolute Gasteiger partial charge is 0.309 e. The van der Waals surface area contributed by atoms with Crippen molar-refractivity contribution >= 4 is 32.7 Å². The average Bonchev–Trinajstić information content (AvgIpc) is 3.50. The molecule has 0 aliphatic rings. The molecule has 0 radical (unpaired) electrons. The van der Waals surface area contributed by atoms with Crippen molar-refractivity contribution in [1.29, 1.82) is 0 Å². The molecule has 9 aromatic rings. The second kappa shape index (κ2) is 11.2. The van der Waals surface area contributed by atoms with Crippen LogP contribution in [0.5, 0.6) is 0 Å². The van der Waals surface area contributed by atoms with E-state index in [9.17, 15) is 0 Å². The molecule has 2 aromatic heterocycles. The number of hydrogen-bond acceptors (Lipinski definition) is 2. The fraction of sp³-hybridized carbons (Fsp3) is 0. The Kier molecular flexibility index (Phi) is 6.46. The van der Waals surface area contributed by atoms with Crippen LogP contribution in [0, 0.1) is 0 Å². The summed E-state index contributed by atoms with van der Waals surface area (Å²) in [4.78, 5) is 10.4. The lowest BCUT2D eigenvalue weighted by atomic mass is 9.95. The van der Waals surface area contributed by atoms with Crippen LogP contribution in [0.2, 0.25) is 0 Å². The Balaban J connectivity index is 1.30. The first kappa shape index (κ1) is 27.0. The molecule has 0 aliphatic carbocycles. The molecule has 9 rings (SSSR count). The van der Waals surface area contributed by atoms with Gasteiger partial charge >= 0.3 is 0 Å². The summed E-state index contributed by atoms with van der Waals surface area (Å²) in [5.74, 6) is 0.720. The molecule has 47 heavy (non-hydrogen) atoms. The Bertz CT molecular complexity index is 2530. The van der Waals surface area contributed by atoms with E-state index in [1.807, 2.05) is 24.3 Å². The van der Waals surface area contributed by atoms with E-state index in [4.69, 9.17) is 9.97 Å². The summed E-state index contributed by atoms with van der Waals surface area (Å²) in [6.45, 7) is 0. The predicted octanol–water partition coefficient (Wildman–Crippen LogP) is 11.4. The van der Waals surface area contributed by atoms with Gasteiger partial charge in [0.1, 0.15) is 0 Å². The number of benzene rings is 7. The van der Waals surface area contributed by atoms with Gasteiger partial charge in [0.15, 0.2) is 5.82 Å². The van der Waals surface area contributed by atoms with Crippen molar-refractivity contribution in [3.05, 3.63) is 176 Å². The molecule has 7 aromatic carbocycles. The number of nitrogens with zero attached hydrogens (tertiary/aromatic N) is 3. The molecular formula is C44H29N3. The Morgan fingerprint density at radius 1 is 0.362 bits per heavy atom. The molecule has 0 atom stereocenters. The molecule has 3 nitrogen and oxygen atoms in total. The SMILES string of the molecule is c1ccc(-c2ccc(-n3c4ccccc4c4c(-c5cccc6c(-c7ccccc7)nc(-c7ccccc7)nc56)cccc43)cc2)cc1. The third-order valence-corrected chi connectivity index (χ3v) is 9.03. The maximum atomic E-state index is 5.28. The smallest absolute Gasteiger partial charge is 0.160 e. The quantitative estimate of drug-likeness (QED) is 0.197. The lowest BCUT2D eigenvalue weighted by Crippen LogP contribution is -1.97. The van der Waals surface area contributed by atoms with Crippen molar-refractivity contribution in [3.63, 3.8) is 0 Å². The normalized spacial score (nSPS) is 11.4. The standard InChI is InChI=1S/C44H29N3/c1-4-14-30(15-5-1)31-26-28-34(29-27-31)47-39-24-11-10-20-37(39)41-35(21-13-25-40(41)47)36-22-12-23-38-42(32-16-6-2-7-17-32)45-44(46-43(36)38)33-18-8-3-9-19-33/h1-29H. The van der Waals surface area contributed by atoms with Gasteiger partial charge in [-0.1, -0.05) is 152 Å². The van der Waals surface area contributed by atoms with Gasteiger partial charge in [0.25, 0.3) is 0 Å². The zero-order valence-electron chi connectivity index (χ0n) is 25.6. The minimum Gasteiger partial charge on any atom is -0.309 e. The minimum atomic E-state index is 0.720. The summed E-state index contributed by atoms with van der Waals surface area (Å²) in [5, 5.41) is 3.46. The van der Waals surface area contributed by atoms with Crippen LogP contribution in [0.3, 0.4) is 0 Å². The molecule has 0 saturated carbocycles. The van der Waals surface area contributed by atoms with Crippen molar-refractivity contribution in [2.75, 3.05) is 0 Å². The minimum absolute atomic E-state index is 0.720. The van der Waals surface area contributed by atoms with Crippen molar-refractivity contribution < 1.29 is 0 Å². The second-order valence-electron chi connectivity index (χ2n) is 11.8. The van der Waals surface area contributed by atoms with Crippen LogP contribution in [0.25, 0.3) is 83.3 Å². The summed E-state index contributed by atoms with van der Waals surface area (Å²) in [6.07, 6.45) is 0. The van der Waals surface area contributed by atoms with E-state index in [0.717, 1.165) is 55.9 Å². The van der Waals surface area contributed by atoms with Gasteiger partial charge in [0, 0.05) is 38.5 Å². The lowest BCUT2D eigenvalue weighted by molar-refractivity contribution is 1.18. The maximum absolute atomic E-state index is 5.28. The first-order valence-electron chi connectivity index (χ1n) is 15.9. The topological polar surface area (TPSA) is 30.7 Å². The van der Waals surface area contributed by atoms with Crippen molar-refractivity contribution in [2.24, 2.45) is 0 Å². The molecule has 220 valence electrons.